The summed E-state index contributed by atoms with van der Waals surface area (Å²) in [5, 5.41) is 12.2. The Morgan fingerprint density at radius 2 is 1.89 bits per heavy atom. The number of hydrogen-bond acceptors (Lipinski definition) is 2. The Balaban J connectivity index is 2.13. The van der Waals surface area contributed by atoms with Crippen LogP contribution in [0.3, 0.4) is 0 Å². The Labute approximate surface area is 113 Å². The average Bonchev–Trinajstić information content (AvgIpc) is 2.33. The van der Waals surface area contributed by atoms with Gasteiger partial charge in [-0.25, -0.2) is 4.39 Å². The molecule has 1 rings (SSSR count). The van der Waals surface area contributed by atoms with Gasteiger partial charge in [0.2, 0.25) is 5.91 Å². The van der Waals surface area contributed by atoms with Gasteiger partial charge in [-0.2, -0.15) is 0 Å². The number of unbranched alkanes of at least 4 members (excludes halogenated alkanes) is 1. The number of rotatable bonds is 7. The van der Waals surface area contributed by atoms with Gasteiger partial charge in [0.1, 0.15) is 5.82 Å². The van der Waals surface area contributed by atoms with Gasteiger partial charge >= 0.3 is 0 Å². The average molecular weight is 267 g/mol. The van der Waals surface area contributed by atoms with Crippen LogP contribution in [0.1, 0.15) is 38.7 Å². The minimum atomic E-state index is -0.871. The fourth-order valence-electron chi connectivity index (χ4n) is 1.67. The second-order valence-electron chi connectivity index (χ2n) is 5.42. The van der Waals surface area contributed by atoms with Gasteiger partial charge in [-0.1, -0.05) is 12.1 Å². The molecular weight excluding hydrogens is 245 g/mol. The van der Waals surface area contributed by atoms with Gasteiger partial charge in [-0.05, 0) is 50.8 Å². The van der Waals surface area contributed by atoms with Crippen LogP contribution in [0.5, 0.6) is 0 Å². The van der Waals surface area contributed by atoms with Crippen molar-refractivity contribution in [3.8, 4) is 0 Å². The highest BCUT2D eigenvalue weighted by molar-refractivity contribution is 5.75. The predicted octanol–water partition coefficient (Wildman–Crippen LogP) is 2.43. The van der Waals surface area contributed by atoms with Gasteiger partial charge in [-0.3, -0.25) is 4.79 Å². The molecule has 0 saturated heterocycles. The van der Waals surface area contributed by atoms with E-state index in [1.54, 1.807) is 26.0 Å². The molecule has 4 heteroatoms. The van der Waals surface area contributed by atoms with E-state index in [1.807, 2.05) is 0 Å². The molecule has 0 aliphatic rings. The van der Waals surface area contributed by atoms with Crippen LogP contribution in [0, 0.1) is 5.82 Å². The summed E-state index contributed by atoms with van der Waals surface area (Å²) in [5.74, 6) is -0.268. The van der Waals surface area contributed by atoms with E-state index < -0.39 is 5.60 Å². The summed E-state index contributed by atoms with van der Waals surface area (Å²) in [6.45, 7) is 3.58. The van der Waals surface area contributed by atoms with Gasteiger partial charge in [0, 0.05) is 13.0 Å². The number of carbonyl (C=O) groups is 1. The fraction of sp³-hybridized carbons (Fsp3) is 0.533. The third-order valence-electron chi connectivity index (χ3n) is 2.75. The molecule has 0 bridgehead atoms. The van der Waals surface area contributed by atoms with Crippen LogP contribution in [-0.4, -0.2) is 23.2 Å². The lowest BCUT2D eigenvalue weighted by molar-refractivity contribution is -0.122. The van der Waals surface area contributed by atoms with Crippen LogP contribution in [0.25, 0.3) is 0 Å². The molecule has 2 N–H and O–H groups in total. The van der Waals surface area contributed by atoms with Crippen LogP contribution in [0.4, 0.5) is 4.39 Å². The number of carbonyl (C=O) groups excluding carboxylic acids is 1. The lowest BCUT2D eigenvalue weighted by atomic mass is 10.1. The highest BCUT2D eigenvalue weighted by Gasteiger charge is 2.13. The number of aliphatic hydroxyl groups is 1. The molecule has 3 nitrogen and oxygen atoms in total. The van der Waals surface area contributed by atoms with Crippen molar-refractivity contribution in [3.63, 3.8) is 0 Å². The molecule has 1 amide bonds. The Morgan fingerprint density at radius 1 is 1.26 bits per heavy atom. The minimum Gasteiger partial charge on any atom is -0.389 e. The first-order valence-electron chi connectivity index (χ1n) is 6.60. The van der Waals surface area contributed by atoms with E-state index in [0.717, 1.165) is 24.8 Å². The maximum Gasteiger partial charge on any atom is 0.220 e. The van der Waals surface area contributed by atoms with E-state index in [-0.39, 0.29) is 18.3 Å². The molecule has 0 heterocycles. The van der Waals surface area contributed by atoms with Crippen molar-refractivity contribution in [2.75, 3.05) is 6.54 Å². The van der Waals surface area contributed by atoms with Crippen molar-refractivity contribution >= 4 is 5.91 Å². The van der Waals surface area contributed by atoms with Crippen LogP contribution in [0.2, 0.25) is 0 Å². The molecule has 106 valence electrons. The van der Waals surface area contributed by atoms with Crippen molar-refractivity contribution in [3.05, 3.63) is 35.6 Å². The molecule has 0 aliphatic heterocycles. The number of amides is 1. The zero-order valence-corrected chi connectivity index (χ0v) is 11.6. The fourth-order valence-corrected chi connectivity index (χ4v) is 1.67. The largest absolute Gasteiger partial charge is 0.389 e. The summed E-state index contributed by atoms with van der Waals surface area (Å²) in [6, 6.07) is 6.43. The summed E-state index contributed by atoms with van der Waals surface area (Å²) in [7, 11) is 0. The minimum absolute atomic E-state index is 0.0405. The molecule has 19 heavy (non-hydrogen) atoms. The summed E-state index contributed by atoms with van der Waals surface area (Å²) in [5.41, 5.74) is 0.211. The monoisotopic (exact) mass is 267 g/mol. The second kappa shape index (κ2) is 7.24. The highest BCUT2D eigenvalue weighted by Crippen LogP contribution is 2.08. The maximum atomic E-state index is 12.7. The Kier molecular flexibility index (Phi) is 5.96. The van der Waals surface area contributed by atoms with E-state index in [1.165, 1.54) is 12.1 Å². The van der Waals surface area contributed by atoms with Gasteiger partial charge in [-0.15, -0.1) is 0 Å². The predicted molar refractivity (Wildman–Crippen MR) is 73.3 cm³/mol. The van der Waals surface area contributed by atoms with Crippen molar-refractivity contribution in [2.24, 2.45) is 0 Å². The molecule has 1 aromatic carbocycles. The van der Waals surface area contributed by atoms with E-state index in [4.69, 9.17) is 0 Å². The zero-order valence-electron chi connectivity index (χ0n) is 11.6. The molecule has 0 radical (unpaired) electrons. The molecule has 0 saturated carbocycles. The third kappa shape index (κ3) is 7.57. The molecule has 0 atom stereocenters. The lowest BCUT2D eigenvalue weighted by Gasteiger charge is -2.17. The molecule has 0 fully saturated rings. The topological polar surface area (TPSA) is 49.3 Å². The first kappa shape index (κ1) is 15.6. The van der Waals surface area contributed by atoms with Crippen molar-refractivity contribution in [2.45, 2.75) is 45.1 Å². The quantitative estimate of drug-likeness (QED) is 0.745. The van der Waals surface area contributed by atoms with E-state index >= 15 is 0 Å². The Hall–Kier alpha value is -1.42. The number of benzene rings is 1. The molecule has 1 aromatic rings. The maximum absolute atomic E-state index is 12.7. The van der Waals surface area contributed by atoms with Crippen LogP contribution in [-0.2, 0) is 11.2 Å². The van der Waals surface area contributed by atoms with Crippen LogP contribution >= 0.6 is 0 Å². The summed E-state index contributed by atoms with van der Waals surface area (Å²) in [6.07, 6.45) is 2.98. The third-order valence-corrected chi connectivity index (χ3v) is 2.75. The SMILES string of the molecule is CC(C)(O)CNC(=O)CCCCc1ccc(F)cc1. The lowest BCUT2D eigenvalue weighted by Crippen LogP contribution is -2.38. The summed E-state index contributed by atoms with van der Waals surface area (Å²) >= 11 is 0. The molecule has 0 aliphatic carbocycles. The molecule has 0 aromatic heterocycles. The van der Waals surface area contributed by atoms with Gasteiger partial charge in [0.25, 0.3) is 0 Å². The van der Waals surface area contributed by atoms with Gasteiger partial charge < -0.3 is 10.4 Å². The molecular formula is C15H22FNO2. The van der Waals surface area contributed by atoms with Gasteiger partial charge in [0.15, 0.2) is 0 Å². The Morgan fingerprint density at radius 3 is 2.47 bits per heavy atom. The van der Waals surface area contributed by atoms with Crippen LogP contribution in [0.15, 0.2) is 24.3 Å². The first-order chi connectivity index (χ1) is 8.87. The smallest absolute Gasteiger partial charge is 0.220 e. The summed E-state index contributed by atoms with van der Waals surface area (Å²) in [4.78, 5) is 11.5. The van der Waals surface area contributed by atoms with E-state index in [2.05, 4.69) is 5.32 Å². The highest BCUT2D eigenvalue weighted by atomic mass is 19.1. The number of aryl methyl sites for hydroxylation is 1. The van der Waals surface area contributed by atoms with Crippen molar-refractivity contribution in [1.82, 2.24) is 5.32 Å². The molecule has 0 spiro atoms. The van der Waals surface area contributed by atoms with Crippen molar-refractivity contribution in [1.29, 1.82) is 0 Å². The van der Waals surface area contributed by atoms with Gasteiger partial charge in [0.05, 0.1) is 5.60 Å². The Bertz CT molecular complexity index is 396. The standard InChI is InChI=1S/C15H22FNO2/c1-15(2,19)11-17-14(18)6-4-3-5-12-7-9-13(16)10-8-12/h7-10,19H,3-6,11H2,1-2H3,(H,17,18). The first-order valence-corrected chi connectivity index (χ1v) is 6.60. The second-order valence-corrected chi connectivity index (χ2v) is 5.42. The van der Waals surface area contributed by atoms with Crippen molar-refractivity contribution < 1.29 is 14.3 Å². The number of hydrogen-bond donors (Lipinski definition) is 2. The zero-order chi connectivity index (χ0) is 14.3. The summed E-state index contributed by atoms with van der Waals surface area (Å²) < 4.78 is 12.7. The molecule has 0 unspecified atom stereocenters. The number of halogens is 1. The van der Waals surface area contributed by atoms with E-state index in [9.17, 15) is 14.3 Å². The number of nitrogens with one attached hydrogen (secondary N) is 1. The normalized spacial score (nSPS) is 11.4. The van der Waals surface area contributed by atoms with E-state index in [0.29, 0.717) is 6.42 Å². The van der Waals surface area contributed by atoms with Crippen LogP contribution < -0.4 is 5.32 Å².